The van der Waals surface area contributed by atoms with Gasteiger partial charge in [0.05, 0.1) is 6.61 Å². The highest BCUT2D eigenvalue weighted by Gasteiger charge is 2.50. The van der Waals surface area contributed by atoms with E-state index < -0.39 is 37.0 Å². The van der Waals surface area contributed by atoms with Crippen molar-refractivity contribution in [3.05, 3.63) is 71.8 Å². The van der Waals surface area contributed by atoms with Gasteiger partial charge in [0.1, 0.15) is 24.9 Å². The number of carbonyl (C=O) groups excluding carboxylic acids is 2. The minimum absolute atomic E-state index is 0.113. The van der Waals surface area contributed by atoms with Crippen LogP contribution in [-0.4, -0.2) is 49.6 Å². The van der Waals surface area contributed by atoms with E-state index in [4.69, 9.17) is 28.4 Å². The smallest absolute Gasteiger partial charge is 0.306 e. The lowest BCUT2D eigenvalue weighted by atomic mass is 9.99. The van der Waals surface area contributed by atoms with Crippen LogP contribution in [0.15, 0.2) is 60.7 Å². The molecule has 6 atom stereocenters. The van der Waals surface area contributed by atoms with E-state index >= 15 is 0 Å². The molecule has 0 radical (unpaired) electrons. The molecule has 0 aliphatic carbocycles. The summed E-state index contributed by atoms with van der Waals surface area (Å²) in [5.74, 6) is -0.593. The van der Waals surface area contributed by atoms with Crippen molar-refractivity contribution in [2.24, 2.45) is 0 Å². The molecule has 0 aromatic heterocycles. The minimum Gasteiger partial charge on any atom is -0.462 e. The summed E-state index contributed by atoms with van der Waals surface area (Å²) in [7, 11) is 0. The lowest BCUT2D eigenvalue weighted by Crippen LogP contribution is -2.59. The molecule has 2 saturated heterocycles. The Kier molecular flexibility index (Phi) is 29.8. The number of unbranched alkanes of at least 4 members (excludes halogenated alkanes) is 28. The van der Waals surface area contributed by atoms with Gasteiger partial charge in [0.2, 0.25) is 0 Å². The number of carbonyl (C=O) groups is 2. The number of fused-ring (bicyclic) bond motifs is 1. The lowest BCUT2D eigenvalue weighted by Gasteiger charge is -2.47. The van der Waals surface area contributed by atoms with Gasteiger partial charge in [0.25, 0.3) is 0 Å². The molecule has 8 nitrogen and oxygen atoms in total. The Balaban J connectivity index is 1.24. The maximum atomic E-state index is 13.6. The second-order valence-electron chi connectivity index (χ2n) is 18.8. The summed E-state index contributed by atoms with van der Waals surface area (Å²) in [4.78, 5) is 26.8. The Morgan fingerprint density at radius 3 is 1.31 bits per heavy atom. The Morgan fingerprint density at radius 1 is 0.484 bits per heavy atom. The van der Waals surface area contributed by atoms with Gasteiger partial charge in [-0.1, -0.05) is 254 Å². The van der Waals surface area contributed by atoms with Gasteiger partial charge in [-0.25, -0.2) is 0 Å². The average Bonchev–Trinajstić information content (AvgIpc) is 3.32. The largest absolute Gasteiger partial charge is 0.462 e. The number of hydrogen-bond donors (Lipinski definition) is 0. The van der Waals surface area contributed by atoms with Crippen LogP contribution in [0, 0.1) is 0 Å². The van der Waals surface area contributed by atoms with E-state index in [0.717, 1.165) is 49.7 Å². The molecule has 362 valence electrons. The molecule has 2 aliphatic rings. The fourth-order valence-corrected chi connectivity index (χ4v) is 9.17. The normalized spacial score (nSPS) is 20.1. The number of ether oxygens (including phenoxy) is 6. The van der Waals surface area contributed by atoms with Crippen molar-refractivity contribution in [3.8, 4) is 0 Å². The zero-order chi connectivity index (χ0) is 45.1. The van der Waals surface area contributed by atoms with Crippen LogP contribution in [0.4, 0.5) is 0 Å². The lowest BCUT2D eigenvalue weighted by molar-refractivity contribution is -0.373. The minimum atomic E-state index is -0.883. The topological polar surface area (TPSA) is 89.5 Å². The van der Waals surface area contributed by atoms with E-state index in [2.05, 4.69) is 13.8 Å². The third-order valence-electron chi connectivity index (χ3n) is 13.1. The third-order valence-corrected chi connectivity index (χ3v) is 13.1. The molecule has 0 bridgehead atoms. The number of rotatable bonds is 38. The maximum Gasteiger partial charge on any atom is 0.306 e. The highest BCUT2D eigenvalue weighted by atomic mass is 16.8. The van der Waals surface area contributed by atoms with Gasteiger partial charge in [-0.2, -0.15) is 0 Å². The summed E-state index contributed by atoms with van der Waals surface area (Å²) in [6.07, 6.45) is 34.5. The van der Waals surface area contributed by atoms with Crippen molar-refractivity contribution >= 4 is 11.9 Å². The highest BCUT2D eigenvalue weighted by molar-refractivity contribution is 5.70. The summed E-state index contributed by atoms with van der Waals surface area (Å²) in [5.41, 5.74) is 1.71. The van der Waals surface area contributed by atoms with Gasteiger partial charge in [-0.3, -0.25) is 9.59 Å². The Labute approximate surface area is 390 Å². The second kappa shape index (κ2) is 35.4. The molecule has 8 heteroatoms. The Morgan fingerprint density at radius 2 is 0.875 bits per heavy atom. The molecular formula is C56H90O8. The van der Waals surface area contributed by atoms with Crippen LogP contribution in [0.25, 0.3) is 0 Å². The molecule has 0 N–H and O–H groups in total. The van der Waals surface area contributed by atoms with Crippen molar-refractivity contribution in [2.75, 3.05) is 13.2 Å². The summed E-state index contributed by atoms with van der Waals surface area (Å²) >= 11 is 0. The van der Waals surface area contributed by atoms with Crippen LogP contribution in [0.1, 0.15) is 243 Å². The zero-order valence-electron chi connectivity index (χ0n) is 40.5. The van der Waals surface area contributed by atoms with Crippen molar-refractivity contribution in [1.82, 2.24) is 0 Å². The van der Waals surface area contributed by atoms with E-state index in [-0.39, 0.29) is 25.2 Å². The molecule has 6 unspecified atom stereocenters. The standard InChI is InChI=1S/C56H90O8/c1-3-5-7-9-11-13-15-17-19-21-23-25-27-29-37-43-51(57)59-45-49(61-52(58)44-38-30-28-26-24-22-20-18-16-14-12-10-8-6-4-2)53-54-50(62-56(64-53)48-41-35-32-36-42-48)46-60-55(63-54)47-39-33-31-34-40-47/h31-36,39-42,49-50,53-56H,3-30,37-38,43-46H2,1-2H3. The van der Waals surface area contributed by atoms with Crippen LogP contribution in [0.3, 0.4) is 0 Å². The zero-order valence-corrected chi connectivity index (χ0v) is 40.5. The number of esters is 2. The Bertz CT molecular complexity index is 1420. The number of benzene rings is 2. The quantitative estimate of drug-likeness (QED) is 0.0486. The summed E-state index contributed by atoms with van der Waals surface area (Å²) in [6.45, 7) is 4.71. The predicted molar refractivity (Wildman–Crippen MR) is 259 cm³/mol. The SMILES string of the molecule is CCCCCCCCCCCCCCCCCC(=O)OCC(OC(=O)CCCCCCCCCCCCCCCCC)C1OC(c2ccccc2)OC2COC(c3ccccc3)OC21. The van der Waals surface area contributed by atoms with E-state index in [1.807, 2.05) is 60.7 Å². The van der Waals surface area contributed by atoms with Crippen molar-refractivity contribution in [1.29, 1.82) is 0 Å². The van der Waals surface area contributed by atoms with Gasteiger partial charge >= 0.3 is 11.9 Å². The maximum absolute atomic E-state index is 13.6. The van der Waals surface area contributed by atoms with Gasteiger partial charge in [-0.05, 0) is 12.8 Å². The molecule has 2 heterocycles. The molecular weight excluding hydrogens is 801 g/mol. The van der Waals surface area contributed by atoms with Crippen LogP contribution < -0.4 is 0 Å². The first kappa shape index (κ1) is 53.8. The van der Waals surface area contributed by atoms with E-state index in [1.165, 1.54) is 154 Å². The molecule has 64 heavy (non-hydrogen) atoms. The monoisotopic (exact) mass is 891 g/mol. The van der Waals surface area contributed by atoms with Crippen LogP contribution in [0.2, 0.25) is 0 Å². The van der Waals surface area contributed by atoms with Gasteiger partial charge < -0.3 is 28.4 Å². The molecule has 0 saturated carbocycles. The third kappa shape index (κ3) is 23.1. The predicted octanol–water partition coefficient (Wildman–Crippen LogP) is 15.6. The fraction of sp³-hybridized carbons (Fsp3) is 0.750. The van der Waals surface area contributed by atoms with Crippen LogP contribution in [0.5, 0.6) is 0 Å². The molecule has 2 aromatic carbocycles. The molecule has 0 amide bonds. The average molecular weight is 891 g/mol. The van der Waals surface area contributed by atoms with Gasteiger partial charge in [-0.15, -0.1) is 0 Å². The van der Waals surface area contributed by atoms with Crippen molar-refractivity contribution in [3.63, 3.8) is 0 Å². The van der Waals surface area contributed by atoms with Gasteiger partial charge in [0.15, 0.2) is 18.7 Å². The summed E-state index contributed by atoms with van der Waals surface area (Å²) in [5, 5.41) is 0. The fourth-order valence-electron chi connectivity index (χ4n) is 9.17. The molecule has 2 aliphatic heterocycles. The van der Waals surface area contributed by atoms with E-state index in [9.17, 15) is 9.59 Å². The molecule has 4 rings (SSSR count). The highest BCUT2D eigenvalue weighted by Crippen LogP contribution is 2.39. The summed E-state index contributed by atoms with van der Waals surface area (Å²) < 4.78 is 38.1. The molecule has 2 fully saturated rings. The first-order chi connectivity index (χ1) is 31.6. The van der Waals surface area contributed by atoms with Crippen molar-refractivity contribution in [2.45, 2.75) is 256 Å². The first-order valence-corrected chi connectivity index (χ1v) is 26.6. The van der Waals surface area contributed by atoms with Crippen LogP contribution >= 0.6 is 0 Å². The molecule has 0 spiro atoms. The molecule has 2 aromatic rings. The first-order valence-electron chi connectivity index (χ1n) is 26.6. The van der Waals surface area contributed by atoms with Crippen molar-refractivity contribution < 1.29 is 38.0 Å². The second-order valence-corrected chi connectivity index (χ2v) is 18.8. The van der Waals surface area contributed by atoms with E-state index in [1.54, 1.807) is 0 Å². The van der Waals surface area contributed by atoms with Gasteiger partial charge in [0, 0.05) is 24.0 Å². The number of hydrogen-bond acceptors (Lipinski definition) is 8. The van der Waals surface area contributed by atoms with Crippen LogP contribution in [-0.2, 0) is 38.0 Å². The summed E-state index contributed by atoms with van der Waals surface area (Å²) in [6, 6.07) is 19.5. The van der Waals surface area contributed by atoms with E-state index in [0.29, 0.717) is 12.8 Å². The Hall–Kier alpha value is -2.78.